The Morgan fingerprint density at radius 2 is 2.05 bits per heavy atom. The molecule has 2 rings (SSSR count). The second-order valence-corrected chi connectivity index (χ2v) is 7.34. The summed E-state index contributed by atoms with van der Waals surface area (Å²) in [5, 5.41) is 4.87. The van der Waals surface area contributed by atoms with Crippen LogP contribution in [0.25, 0.3) is 0 Å². The zero-order valence-corrected chi connectivity index (χ0v) is 13.1. The minimum atomic E-state index is -3.47. The molecule has 0 spiro atoms. The summed E-state index contributed by atoms with van der Waals surface area (Å²) in [6, 6.07) is 5.81. The highest BCUT2D eigenvalue weighted by atomic mass is 32.2. The van der Waals surface area contributed by atoms with Crippen LogP contribution in [0.2, 0.25) is 0 Å². The Labute approximate surface area is 125 Å². The molecule has 0 aliphatic carbocycles. The third kappa shape index (κ3) is 4.87. The maximum atomic E-state index is 10.7. The lowest BCUT2D eigenvalue weighted by atomic mass is 10.0. The number of fused-ring (bicyclic) bond motifs is 1. The number of hydrogen-bond donors (Lipinski definition) is 1. The minimum Gasteiger partial charge on any atom is -0.487 e. The molecule has 0 bridgehead atoms. The second kappa shape index (κ2) is 6.21. The number of rotatable bonds is 7. The first-order valence-electron chi connectivity index (χ1n) is 6.79. The number of benzene rings is 1. The van der Waals surface area contributed by atoms with Gasteiger partial charge >= 0.3 is 0 Å². The fourth-order valence-electron chi connectivity index (χ4n) is 2.19. The highest BCUT2D eigenvalue weighted by Gasteiger charge is 2.32. The minimum absolute atomic E-state index is 0.0681. The second-order valence-electron chi connectivity index (χ2n) is 5.61. The normalized spacial score (nSPS) is 16.3. The van der Waals surface area contributed by atoms with Crippen LogP contribution in [-0.2, 0) is 21.2 Å². The largest absolute Gasteiger partial charge is 0.487 e. The van der Waals surface area contributed by atoms with E-state index in [-0.39, 0.29) is 18.0 Å². The fraction of sp³-hybridized carbons (Fsp3) is 0.571. The Balaban J connectivity index is 1.79. The zero-order valence-electron chi connectivity index (χ0n) is 12.3. The first-order valence-corrected chi connectivity index (χ1v) is 8.50. The topological polar surface area (TPSA) is 87.9 Å². The van der Waals surface area contributed by atoms with Crippen LogP contribution in [0.5, 0.6) is 11.5 Å². The molecular weight excluding hydrogens is 294 g/mol. The number of ether oxygens (including phenoxy) is 3. The number of para-hydroxylation sites is 1. The van der Waals surface area contributed by atoms with Crippen LogP contribution < -0.4 is 14.6 Å². The molecule has 0 radical (unpaired) electrons. The predicted molar refractivity (Wildman–Crippen MR) is 79.1 cm³/mol. The first-order chi connectivity index (χ1) is 9.77. The van der Waals surface area contributed by atoms with Crippen molar-refractivity contribution in [1.82, 2.24) is 0 Å². The number of nitrogens with two attached hydrogens (primary N) is 1. The van der Waals surface area contributed by atoms with E-state index in [2.05, 4.69) is 0 Å². The molecule has 1 heterocycles. The molecule has 1 aliphatic heterocycles. The molecule has 21 heavy (non-hydrogen) atoms. The Morgan fingerprint density at radius 3 is 2.76 bits per heavy atom. The van der Waals surface area contributed by atoms with Gasteiger partial charge < -0.3 is 14.2 Å². The van der Waals surface area contributed by atoms with Gasteiger partial charge in [-0.3, -0.25) is 0 Å². The molecule has 1 aliphatic rings. The summed E-state index contributed by atoms with van der Waals surface area (Å²) in [6.45, 7) is 4.76. The van der Waals surface area contributed by atoms with E-state index < -0.39 is 10.0 Å². The van der Waals surface area contributed by atoms with E-state index >= 15 is 0 Å². The quantitative estimate of drug-likeness (QED) is 0.761. The average molecular weight is 315 g/mol. The third-order valence-corrected chi connectivity index (χ3v) is 3.79. The van der Waals surface area contributed by atoms with E-state index in [0.29, 0.717) is 19.0 Å². The molecule has 6 nitrogen and oxygen atoms in total. The molecule has 0 amide bonds. The molecule has 118 valence electrons. The van der Waals surface area contributed by atoms with Crippen molar-refractivity contribution in [1.29, 1.82) is 0 Å². The molecule has 0 saturated heterocycles. The van der Waals surface area contributed by atoms with Gasteiger partial charge in [0, 0.05) is 12.0 Å². The van der Waals surface area contributed by atoms with Crippen LogP contribution in [0.4, 0.5) is 0 Å². The van der Waals surface area contributed by atoms with Crippen LogP contribution in [0.15, 0.2) is 18.2 Å². The summed E-state index contributed by atoms with van der Waals surface area (Å²) in [5.74, 6) is 1.28. The predicted octanol–water partition coefficient (Wildman–Crippen LogP) is 1.08. The van der Waals surface area contributed by atoms with Gasteiger partial charge in [-0.1, -0.05) is 12.1 Å². The standard InChI is InChI=1S/C14H21NO5S/c1-14(2)10-11-4-3-5-12(13(11)20-14)19-7-6-18-8-9-21(15,16)17/h3-5H,6-10H2,1-2H3,(H2,15,16,17). The number of hydrogen-bond acceptors (Lipinski definition) is 5. The highest BCUT2D eigenvalue weighted by molar-refractivity contribution is 7.89. The van der Waals surface area contributed by atoms with Crippen LogP contribution in [0.1, 0.15) is 19.4 Å². The molecule has 1 aromatic carbocycles. The third-order valence-electron chi connectivity index (χ3n) is 3.05. The van der Waals surface area contributed by atoms with Crippen LogP contribution in [-0.4, -0.2) is 39.6 Å². The summed E-state index contributed by atoms with van der Waals surface area (Å²) in [5.41, 5.74) is 0.918. The molecule has 0 atom stereocenters. The van der Waals surface area contributed by atoms with Gasteiger partial charge in [-0.25, -0.2) is 13.6 Å². The average Bonchev–Trinajstić information content (AvgIpc) is 2.67. The highest BCUT2D eigenvalue weighted by Crippen LogP contribution is 2.41. The van der Waals surface area contributed by atoms with Gasteiger partial charge in [0.05, 0.1) is 19.0 Å². The van der Waals surface area contributed by atoms with Gasteiger partial charge in [-0.15, -0.1) is 0 Å². The monoisotopic (exact) mass is 315 g/mol. The van der Waals surface area contributed by atoms with Crippen molar-refractivity contribution < 1.29 is 22.6 Å². The van der Waals surface area contributed by atoms with E-state index in [1.165, 1.54) is 0 Å². The molecule has 2 N–H and O–H groups in total. The molecular formula is C14H21NO5S. The summed E-state index contributed by atoms with van der Waals surface area (Å²) < 4.78 is 38.1. The van der Waals surface area contributed by atoms with Gasteiger partial charge in [-0.05, 0) is 19.9 Å². The molecule has 0 saturated carbocycles. The Hall–Kier alpha value is -1.31. The molecule has 0 aromatic heterocycles. The lowest BCUT2D eigenvalue weighted by molar-refractivity contribution is 0.103. The molecule has 1 aromatic rings. The molecule has 0 unspecified atom stereocenters. The Kier molecular flexibility index (Phi) is 4.75. The summed E-state index contributed by atoms with van der Waals surface area (Å²) in [4.78, 5) is 0. The van der Waals surface area contributed by atoms with E-state index in [9.17, 15) is 8.42 Å². The van der Waals surface area contributed by atoms with Crippen molar-refractivity contribution in [3.05, 3.63) is 23.8 Å². The molecule has 0 fully saturated rings. The van der Waals surface area contributed by atoms with E-state index in [4.69, 9.17) is 19.3 Å². The Morgan fingerprint density at radius 1 is 1.29 bits per heavy atom. The van der Waals surface area contributed by atoms with Gasteiger partial charge in [0.2, 0.25) is 10.0 Å². The van der Waals surface area contributed by atoms with E-state index in [0.717, 1.165) is 17.7 Å². The fourth-order valence-corrected chi connectivity index (χ4v) is 2.54. The number of primary sulfonamides is 1. The van der Waals surface area contributed by atoms with Crippen molar-refractivity contribution in [3.63, 3.8) is 0 Å². The van der Waals surface area contributed by atoms with Gasteiger partial charge in [0.15, 0.2) is 11.5 Å². The van der Waals surface area contributed by atoms with Crippen molar-refractivity contribution in [2.45, 2.75) is 25.9 Å². The van der Waals surface area contributed by atoms with Crippen LogP contribution in [0.3, 0.4) is 0 Å². The summed E-state index contributed by atoms with van der Waals surface area (Å²) in [7, 11) is -3.47. The van der Waals surface area contributed by atoms with Crippen molar-refractivity contribution in [3.8, 4) is 11.5 Å². The van der Waals surface area contributed by atoms with Crippen molar-refractivity contribution in [2.75, 3.05) is 25.6 Å². The van der Waals surface area contributed by atoms with Crippen LogP contribution >= 0.6 is 0 Å². The van der Waals surface area contributed by atoms with E-state index in [1.54, 1.807) is 0 Å². The first kappa shape index (κ1) is 16.1. The van der Waals surface area contributed by atoms with Crippen LogP contribution in [0, 0.1) is 0 Å². The SMILES string of the molecule is CC1(C)Cc2cccc(OCCOCCS(N)(=O)=O)c2O1. The van der Waals surface area contributed by atoms with Gasteiger partial charge in [-0.2, -0.15) is 0 Å². The van der Waals surface area contributed by atoms with Gasteiger partial charge in [0.25, 0.3) is 0 Å². The summed E-state index contributed by atoms with van der Waals surface area (Å²) in [6.07, 6.45) is 0.852. The van der Waals surface area contributed by atoms with Gasteiger partial charge in [0.1, 0.15) is 12.2 Å². The van der Waals surface area contributed by atoms with E-state index in [1.807, 2.05) is 32.0 Å². The van der Waals surface area contributed by atoms with Crippen molar-refractivity contribution >= 4 is 10.0 Å². The summed E-state index contributed by atoms with van der Waals surface area (Å²) >= 11 is 0. The molecule has 7 heteroatoms. The zero-order chi connectivity index (χ0) is 15.5. The smallest absolute Gasteiger partial charge is 0.211 e. The Bertz CT molecular complexity index is 597. The lowest BCUT2D eigenvalue weighted by Crippen LogP contribution is -2.24. The number of sulfonamides is 1. The maximum absolute atomic E-state index is 10.7. The lowest BCUT2D eigenvalue weighted by Gasteiger charge is -2.18. The van der Waals surface area contributed by atoms with Crippen molar-refractivity contribution in [2.24, 2.45) is 5.14 Å². The maximum Gasteiger partial charge on any atom is 0.211 e.